The Balaban J connectivity index is 1.41. The van der Waals surface area contributed by atoms with Gasteiger partial charge >= 0.3 is 0 Å². The Morgan fingerprint density at radius 3 is 1.64 bits per heavy atom. The highest BCUT2D eigenvalue weighted by molar-refractivity contribution is 5.15. The topological polar surface area (TPSA) is 77.4 Å². The molecule has 1 aliphatic rings. The minimum Gasteiger partial charge on any atom is -0.387 e. The van der Waals surface area contributed by atoms with Gasteiger partial charge < -0.3 is 29.2 Å². The van der Waals surface area contributed by atoms with Crippen molar-refractivity contribution in [3.63, 3.8) is 0 Å². The summed E-state index contributed by atoms with van der Waals surface area (Å²) in [6, 6.07) is 29.1. The number of aliphatic hydroxyl groups excluding tert-OH is 2. The summed E-state index contributed by atoms with van der Waals surface area (Å²) in [5, 5.41) is 21.8. The maximum absolute atomic E-state index is 10.9. The van der Waals surface area contributed by atoms with Gasteiger partial charge in [-0.05, 0) is 16.7 Å². The first-order chi connectivity index (χ1) is 16.2. The van der Waals surface area contributed by atoms with Crippen LogP contribution in [0.15, 0.2) is 91.0 Å². The van der Waals surface area contributed by atoms with E-state index in [-0.39, 0.29) is 19.8 Å². The van der Waals surface area contributed by atoms with Crippen LogP contribution in [0.5, 0.6) is 0 Å². The van der Waals surface area contributed by atoms with Gasteiger partial charge in [-0.3, -0.25) is 0 Å². The van der Waals surface area contributed by atoms with Crippen molar-refractivity contribution in [3.05, 3.63) is 108 Å². The van der Waals surface area contributed by atoms with Crippen LogP contribution in [0, 0.1) is 0 Å². The van der Waals surface area contributed by atoms with E-state index in [1.54, 1.807) is 0 Å². The minimum absolute atomic E-state index is 0.138. The minimum atomic E-state index is -1.15. The van der Waals surface area contributed by atoms with Gasteiger partial charge in [-0.15, -0.1) is 0 Å². The summed E-state index contributed by atoms with van der Waals surface area (Å²) < 4.78 is 23.6. The summed E-state index contributed by atoms with van der Waals surface area (Å²) >= 11 is 0. The van der Waals surface area contributed by atoms with Crippen molar-refractivity contribution in [2.24, 2.45) is 0 Å². The van der Waals surface area contributed by atoms with Crippen molar-refractivity contribution in [2.75, 3.05) is 6.61 Å². The summed E-state index contributed by atoms with van der Waals surface area (Å²) in [5.74, 6) is 0. The largest absolute Gasteiger partial charge is 0.387 e. The first-order valence-electron chi connectivity index (χ1n) is 11.1. The molecule has 1 heterocycles. The van der Waals surface area contributed by atoms with E-state index in [1.807, 2.05) is 91.0 Å². The standard InChI is InChI=1S/C27H30O6/c28-24-23(19-30-16-20-10-4-1-5-11-20)33-27(32-18-22-14-8-3-9-15-22)25(29)26(24)31-17-21-12-6-2-7-13-21/h1-15,23-29H,16-19H2/t23-,24-,25-,26+,27-/m1/s1. The van der Waals surface area contributed by atoms with Crippen LogP contribution >= 0.6 is 0 Å². The average molecular weight is 451 g/mol. The molecule has 6 heteroatoms. The van der Waals surface area contributed by atoms with Crippen molar-refractivity contribution >= 4 is 0 Å². The fraction of sp³-hybridized carbons (Fsp3) is 0.333. The van der Waals surface area contributed by atoms with Gasteiger partial charge in [0.25, 0.3) is 0 Å². The Kier molecular flexibility index (Phi) is 8.60. The third-order valence-electron chi connectivity index (χ3n) is 5.58. The first-order valence-corrected chi connectivity index (χ1v) is 11.1. The predicted molar refractivity (Wildman–Crippen MR) is 123 cm³/mol. The molecule has 4 rings (SSSR count). The molecular weight excluding hydrogens is 420 g/mol. The predicted octanol–water partition coefficient (Wildman–Crippen LogP) is 3.45. The van der Waals surface area contributed by atoms with Crippen molar-refractivity contribution in [1.82, 2.24) is 0 Å². The van der Waals surface area contributed by atoms with E-state index in [9.17, 15) is 10.2 Å². The number of benzene rings is 3. The SMILES string of the molecule is O[C@H]1[C@H](OCc2ccccc2)O[C@H](COCc2ccccc2)[C@@H](O)[C@@H]1OCc1ccccc1. The maximum atomic E-state index is 10.9. The molecule has 6 nitrogen and oxygen atoms in total. The van der Waals surface area contributed by atoms with Crippen LogP contribution in [0.1, 0.15) is 16.7 Å². The van der Waals surface area contributed by atoms with Crippen molar-refractivity contribution in [3.8, 4) is 0 Å². The number of hydrogen-bond donors (Lipinski definition) is 2. The second-order valence-electron chi connectivity index (χ2n) is 8.08. The smallest absolute Gasteiger partial charge is 0.187 e. The molecule has 0 unspecified atom stereocenters. The molecule has 33 heavy (non-hydrogen) atoms. The average Bonchev–Trinajstić information content (AvgIpc) is 2.86. The highest BCUT2D eigenvalue weighted by Crippen LogP contribution is 2.26. The van der Waals surface area contributed by atoms with Crippen LogP contribution in [0.4, 0.5) is 0 Å². The number of ether oxygens (including phenoxy) is 4. The summed E-state index contributed by atoms with van der Waals surface area (Å²) in [4.78, 5) is 0. The molecule has 5 atom stereocenters. The number of rotatable bonds is 10. The lowest BCUT2D eigenvalue weighted by Gasteiger charge is -2.42. The van der Waals surface area contributed by atoms with Crippen molar-refractivity contribution in [1.29, 1.82) is 0 Å². The van der Waals surface area contributed by atoms with Crippen LogP contribution < -0.4 is 0 Å². The third-order valence-corrected chi connectivity index (χ3v) is 5.58. The van der Waals surface area contributed by atoms with Crippen LogP contribution in [-0.4, -0.2) is 47.5 Å². The Bertz CT molecular complexity index is 937. The van der Waals surface area contributed by atoms with Crippen molar-refractivity contribution < 1.29 is 29.2 Å². The van der Waals surface area contributed by atoms with Gasteiger partial charge in [-0.25, -0.2) is 0 Å². The Morgan fingerprint density at radius 2 is 1.09 bits per heavy atom. The van der Waals surface area contributed by atoms with Gasteiger partial charge in [0.15, 0.2) is 6.29 Å². The number of hydrogen-bond acceptors (Lipinski definition) is 6. The second-order valence-corrected chi connectivity index (χ2v) is 8.08. The number of aliphatic hydroxyl groups is 2. The maximum Gasteiger partial charge on any atom is 0.187 e. The fourth-order valence-electron chi connectivity index (χ4n) is 3.76. The van der Waals surface area contributed by atoms with Gasteiger partial charge in [0.2, 0.25) is 0 Å². The molecule has 1 saturated heterocycles. The van der Waals surface area contributed by atoms with Gasteiger partial charge in [0.05, 0.1) is 26.4 Å². The highest BCUT2D eigenvalue weighted by Gasteiger charge is 2.46. The lowest BCUT2D eigenvalue weighted by Crippen LogP contribution is -2.60. The zero-order chi connectivity index (χ0) is 22.9. The molecule has 3 aromatic rings. The molecule has 174 valence electrons. The van der Waals surface area contributed by atoms with Gasteiger partial charge in [-0.1, -0.05) is 91.0 Å². The second kappa shape index (κ2) is 12.0. The summed E-state index contributed by atoms with van der Waals surface area (Å²) in [6.07, 6.45) is -4.78. The zero-order valence-corrected chi connectivity index (χ0v) is 18.4. The van der Waals surface area contributed by atoms with E-state index in [2.05, 4.69) is 0 Å². The molecule has 0 radical (unpaired) electrons. The summed E-state index contributed by atoms with van der Waals surface area (Å²) in [7, 11) is 0. The monoisotopic (exact) mass is 450 g/mol. The van der Waals surface area contributed by atoms with E-state index >= 15 is 0 Å². The molecule has 3 aromatic carbocycles. The zero-order valence-electron chi connectivity index (χ0n) is 18.4. The van der Waals surface area contributed by atoms with Crippen LogP contribution in [0.2, 0.25) is 0 Å². The van der Waals surface area contributed by atoms with Crippen LogP contribution in [0.3, 0.4) is 0 Å². The molecule has 0 saturated carbocycles. The van der Waals surface area contributed by atoms with E-state index in [0.717, 1.165) is 16.7 Å². The molecule has 0 spiro atoms. The Hall–Kier alpha value is -2.58. The van der Waals surface area contributed by atoms with Crippen LogP contribution in [0.25, 0.3) is 0 Å². The lowest BCUT2D eigenvalue weighted by molar-refractivity contribution is -0.314. The van der Waals surface area contributed by atoms with E-state index in [1.165, 1.54) is 0 Å². The molecule has 0 aliphatic carbocycles. The molecular formula is C27H30O6. The molecule has 2 N–H and O–H groups in total. The Morgan fingerprint density at radius 1 is 0.606 bits per heavy atom. The van der Waals surface area contributed by atoms with E-state index in [0.29, 0.717) is 6.61 Å². The van der Waals surface area contributed by atoms with E-state index in [4.69, 9.17) is 18.9 Å². The van der Waals surface area contributed by atoms with Gasteiger partial charge in [0, 0.05) is 0 Å². The molecule has 1 fully saturated rings. The quantitative estimate of drug-likeness (QED) is 0.493. The fourth-order valence-corrected chi connectivity index (χ4v) is 3.76. The molecule has 1 aliphatic heterocycles. The molecule has 0 bridgehead atoms. The normalized spacial score (nSPS) is 25.1. The molecule has 0 amide bonds. The lowest BCUT2D eigenvalue weighted by atomic mass is 9.98. The summed E-state index contributed by atoms with van der Waals surface area (Å²) in [5.41, 5.74) is 2.93. The summed E-state index contributed by atoms with van der Waals surface area (Å²) in [6.45, 7) is 1.05. The highest BCUT2D eigenvalue weighted by atomic mass is 16.7. The van der Waals surface area contributed by atoms with E-state index < -0.39 is 30.7 Å². The Labute approximate surface area is 194 Å². The van der Waals surface area contributed by atoms with Gasteiger partial charge in [-0.2, -0.15) is 0 Å². The first kappa shape index (κ1) is 23.6. The van der Waals surface area contributed by atoms with Crippen LogP contribution in [-0.2, 0) is 38.8 Å². The molecule has 0 aromatic heterocycles. The third kappa shape index (κ3) is 6.71. The van der Waals surface area contributed by atoms with Crippen molar-refractivity contribution in [2.45, 2.75) is 50.5 Å². The van der Waals surface area contributed by atoms with Gasteiger partial charge in [0.1, 0.15) is 24.4 Å².